The van der Waals surface area contributed by atoms with E-state index in [-0.39, 0.29) is 17.9 Å². The third-order valence-corrected chi connectivity index (χ3v) is 6.01. The largest absolute Gasteiger partial charge is 0.474 e. The molecule has 0 N–H and O–H groups in total. The fourth-order valence-electron chi connectivity index (χ4n) is 4.26. The number of likely N-dealkylation sites (tertiary alicyclic amines) is 2. The molecule has 2 atom stereocenters. The van der Waals surface area contributed by atoms with Crippen LogP contribution in [0.4, 0.5) is 0 Å². The van der Waals surface area contributed by atoms with Crippen molar-refractivity contribution >= 4 is 12.2 Å². The zero-order valence-corrected chi connectivity index (χ0v) is 17.7. The summed E-state index contributed by atoms with van der Waals surface area (Å²) in [5.41, 5.74) is 0. The van der Waals surface area contributed by atoms with Crippen molar-refractivity contribution in [1.29, 1.82) is 0 Å². The maximum absolute atomic E-state index is 13.1. The van der Waals surface area contributed by atoms with E-state index in [9.17, 15) is 9.59 Å². The van der Waals surface area contributed by atoms with Gasteiger partial charge in [0, 0.05) is 39.4 Å². The molecule has 0 aromatic carbocycles. The summed E-state index contributed by atoms with van der Waals surface area (Å²) in [6, 6.07) is 1.38. The second-order valence-electron chi connectivity index (χ2n) is 8.29. The molecule has 1 aromatic rings. The Labute approximate surface area is 172 Å². The Morgan fingerprint density at radius 3 is 2.72 bits per heavy atom. The van der Waals surface area contributed by atoms with Crippen molar-refractivity contribution < 1.29 is 23.6 Å². The molecule has 162 valence electrons. The summed E-state index contributed by atoms with van der Waals surface area (Å²) in [5, 5.41) is 4.00. The molecule has 1 amide bonds. The highest BCUT2D eigenvalue weighted by Gasteiger charge is 2.37. The lowest BCUT2D eigenvalue weighted by molar-refractivity contribution is -0.137. The molecule has 3 heterocycles. The summed E-state index contributed by atoms with van der Waals surface area (Å²) in [6.45, 7) is 7.90. The van der Waals surface area contributed by atoms with E-state index < -0.39 is 5.92 Å². The Hall–Kier alpha value is -1.93. The number of hydrogen-bond donors (Lipinski definition) is 0. The molecule has 0 radical (unpaired) electrons. The number of methoxy groups -OCH3 is 1. The van der Waals surface area contributed by atoms with Crippen LogP contribution in [0.2, 0.25) is 0 Å². The van der Waals surface area contributed by atoms with E-state index in [0.29, 0.717) is 30.9 Å². The smallest absolute Gasteiger partial charge is 0.254 e. The van der Waals surface area contributed by atoms with E-state index in [1.54, 1.807) is 18.1 Å². The Kier molecular flexibility index (Phi) is 7.66. The lowest BCUT2D eigenvalue weighted by atomic mass is 9.91. The summed E-state index contributed by atoms with van der Waals surface area (Å²) < 4.78 is 16.6. The van der Waals surface area contributed by atoms with Crippen molar-refractivity contribution in [1.82, 2.24) is 15.0 Å². The van der Waals surface area contributed by atoms with Crippen molar-refractivity contribution in [3.8, 4) is 5.88 Å². The van der Waals surface area contributed by atoms with E-state index in [0.717, 1.165) is 51.6 Å². The van der Waals surface area contributed by atoms with Crippen LogP contribution < -0.4 is 4.74 Å². The van der Waals surface area contributed by atoms with Crippen LogP contribution in [0.3, 0.4) is 0 Å². The van der Waals surface area contributed by atoms with Gasteiger partial charge in [0.25, 0.3) is 5.88 Å². The maximum atomic E-state index is 13.1. The van der Waals surface area contributed by atoms with Crippen molar-refractivity contribution in [2.45, 2.75) is 57.6 Å². The van der Waals surface area contributed by atoms with Crippen LogP contribution in [0, 0.1) is 5.92 Å². The lowest BCUT2D eigenvalue weighted by Gasteiger charge is -2.30. The molecule has 2 saturated heterocycles. The molecule has 3 rings (SSSR count). The van der Waals surface area contributed by atoms with Gasteiger partial charge in [-0.1, -0.05) is 13.8 Å². The van der Waals surface area contributed by atoms with Gasteiger partial charge in [-0.05, 0) is 36.8 Å². The number of ether oxygens (including phenoxy) is 2. The number of piperidine rings is 1. The van der Waals surface area contributed by atoms with Gasteiger partial charge in [0.1, 0.15) is 18.8 Å². The summed E-state index contributed by atoms with van der Waals surface area (Å²) in [5.74, 6) is 0.390. The van der Waals surface area contributed by atoms with Gasteiger partial charge in [0.15, 0.2) is 5.76 Å². The first-order chi connectivity index (χ1) is 14.0. The number of carbonyl (C=O) groups excluding carboxylic acids is 2. The average Bonchev–Trinajstić information content (AvgIpc) is 3.38. The van der Waals surface area contributed by atoms with Crippen LogP contribution in [0.5, 0.6) is 5.88 Å². The predicted octanol–water partition coefficient (Wildman–Crippen LogP) is 2.09. The zero-order chi connectivity index (χ0) is 20.8. The third kappa shape index (κ3) is 5.36. The van der Waals surface area contributed by atoms with Crippen LogP contribution in [-0.2, 0) is 14.3 Å². The maximum Gasteiger partial charge on any atom is 0.254 e. The molecule has 0 bridgehead atoms. The quantitative estimate of drug-likeness (QED) is 0.580. The molecular weight excluding hydrogens is 374 g/mol. The van der Waals surface area contributed by atoms with Crippen molar-refractivity contribution in [2.75, 3.05) is 39.9 Å². The monoisotopic (exact) mass is 407 g/mol. The molecule has 2 fully saturated rings. The fourth-order valence-corrected chi connectivity index (χ4v) is 4.26. The highest BCUT2D eigenvalue weighted by Crippen LogP contribution is 2.31. The van der Waals surface area contributed by atoms with Gasteiger partial charge < -0.3 is 23.7 Å². The molecule has 8 heteroatoms. The van der Waals surface area contributed by atoms with Crippen LogP contribution in [0.1, 0.15) is 51.2 Å². The molecule has 1 unspecified atom stereocenters. The Morgan fingerprint density at radius 2 is 2.07 bits per heavy atom. The minimum absolute atomic E-state index is 0.0262. The predicted molar refractivity (Wildman–Crippen MR) is 107 cm³/mol. The van der Waals surface area contributed by atoms with Crippen molar-refractivity contribution in [3.63, 3.8) is 0 Å². The van der Waals surface area contributed by atoms with E-state index in [1.807, 2.05) is 13.8 Å². The number of hydrogen-bond acceptors (Lipinski definition) is 7. The summed E-state index contributed by atoms with van der Waals surface area (Å²) in [7, 11) is 1.77. The minimum Gasteiger partial charge on any atom is -0.474 e. The Bertz CT molecular complexity index is 669. The first-order valence-electron chi connectivity index (χ1n) is 10.6. The molecule has 0 spiro atoms. The van der Waals surface area contributed by atoms with Crippen LogP contribution >= 0.6 is 0 Å². The highest BCUT2D eigenvalue weighted by molar-refractivity contribution is 5.86. The topological polar surface area (TPSA) is 85.1 Å². The van der Waals surface area contributed by atoms with Gasteiger partial charge in [-0.2, -0.15) is 0 Å². The van der Waals surface area contributed by atoms with E-state index in [4.69, 9.17) is 14.0 Å². The standard InChI is InChI=1S/C21H33N3O5/c1-15(2)20(21(26)24-8-4-5-16(24)14-25)18-13-19(22-29-18)28-12-11-23-9-6-17(27-3)7-10-23/h13-17,20H,4-12H2,1-3H3/t16-,20?/m0/s1. The molecule has 2 aliphatic heterocycles. The van der Waals surface area contributed by atoms with Crippen LogP contribution in [0.15, 0.2) is 10.6 Å². The van der Waals surface area contributed by atoms with Crippen molar-refractivity contribution in [2.24, 2.45) is 5.92 Å². The van der Waals surface area contributed by atoms with Crippen molar-refractivity contribution in [3.05, 3.63) is 11.8 Å². The second kappa shape index (κ2) is 10.2. The third-order valence-electron chi connectivity index (χ3n) is 6.01. The first-order valence-corrected chi connectivity index (χ1v) is 10.6. The Balaban J connectivity index is 1.54. The lowest BCUT2D eigenvalue weighted by Crippen LogP contribution is -2.40. The highest BCUT2D eigenvalue weighted by atomic mass is 16.5. The SMILES string of the molecule is COC1CCN(CCOc2cc(C(C(=O)N3CCC[C@H]3C=O)C(C)C)on2)CC1. The minimum atomic E-state index is -0.464. The normalized spacial score (nSPS) is 22.2. The van der Waals surface area contributed by atoms with Gasteiger partial charge in [-0.15, -0.1) is 0 Å². The average molecular weight is 408 g/mol. The van der Waals surface area contributed by atoms with Gasteiger partial charge in [-0.25, -0.2) is 0 Å². The van der Waals surface area contributed by atoms with Crippen LogP contribution in [-0.4, -0.2) is 79.2 Å². The van der Waals surface area contributed by atoms with E-state index in [2.05, 4.69) is 10.1 Å². The first kappa shape index (κ1) is 21.8. The number of carbonyl (C=O) groups is 2. The number of aromatic nitrogens is 1. The Morgan fingerprint density at radius 1 is 1.31 bits per heavy atom. The van der Waals surface area contributed by atoms with Gasteiger partial charge in [-0.3, -0.25) is 9.69 Å². The molecule has 29 heavy (non-hydrogen) atoms. The van der Waals surface area contributed by atoms with Gasteiger partial charge >= 0.3 is 0 Å². The molecule has 8 nitrogen and oxygen atoms in total. The second-order valence-corrected chi connectivity index (χ2v) is 8.29. The molecule has 0 saturated carbocycles. The molecule has 2 aliphatic rings. The summed E-state index contributed by atoms with van der Waals surface area (Å²) in [6.07, 6.45) is 4.90. The molecular formula is C21H33N3O5. The number of nitrogens with zero attached hydrogens (tertiary/aromatic N) is 3. The fraction of sp³-hybridized carbons (Fsp3) is 0.762. The van der Waals surface area contributed by atoms with Crippen LogP contribution in [0.25, 0.3) is 0 Å². The summed E-state index contributed by atoms with van der Waals surface area (Å²) in [4.78, 5) is 28.4. The van der Waals surface area contributed by atoms with Gasteiger partial charge in [0.05, 0.1) is 12.1 Å². The van der Waals surface area contributed by atoms with E-state index >= 15 is 0 Å². The summed E-state index contributed by atoms with van der Waals surface area (Å²) >= 11 is 0. The van der Waals surface area contributed by atoms with E-state index in [1.165, 1.54) is 0 Å². The molecule has 0 aliphatic carbocycles. The zero-order valence-electron chi connectivity index (χ0n) is 17.7. The number of aldehydes is 1. The molecule has 1 aromatic heterocycles. The number of rotatable bonds is 9. The number of amides is 1. The van der Waals surface area contributed by atoms with Gasteiger partial charge in [0.2, 0.25) is 5.91 Å².